The molecule has 4 heteroatoms. The summed E-state index contributed by atoms with van der Waals surface area (Å²) in [5, 5.41) is 6.08. The summed E-state index contributed by atoms with van der Waals surface area (Å²) in [7, 11) is 0. The van der Waals surface area contributed by atoms with Gasteiger partial charge in [-0.05, 0) is 37.1 Å². The van der Waals surface area contributed by atoms with Gasteiger partial charge in [0.1, 0.15) is 0 Å². The van der Waals surface area contributed by atoms with E-state index in [9.17, 15) is 4.79 Å². The van der Waals surface area contributed by atoms with E-state index in [2.05, 4.69) is 26.6 Å². The Morgan fingerprint density at radius 2 is 2.12 bits per heavy atom. The monoisotopic (exact) mass is 294 g/mol. The van der Waals surface area contributed by atoms with Gasteiger partial charge in [0.05, 0.1) is 0 Å². The molecule has 0 saturated carbocycles. The van der Waals surface area contributed by atoms with Crippen LogP contribution in [-0.2, 0) is 4.79 Å². The van der Waals surface area contributed by atoms with Gasteiger partial charge in [0, 0.05) is 28.8 Å². The molecule has 0 atom stereocenters. The van der Waals surface area contributed by atoms with Crippen LogP contribution >= 0.6 is 15.9 Å². The summed E-state index contributed by atoms with van der Waals surface area (Å²) in [6.07, 6.45) is 0. The molecule has 3 nitrogen and oxygen atoms in total. The first kappa shape index (κ1) is 12.3. The molecule has 90 valence electrons. The van der Waals surface area contributed by atoms with Crippen LogP contribution in [0, 0.1) is 6.92 Å². The number of hydrogen-bond acceptors (Lipinski definition) is 2. The Hall–Kier alpha value is -1.13. The SMILES string of the molecule is CC(C(=O)Nc1cccc(Br)c1C)=C1CNC1. The normalized spacial score (nSPS) is 14.2. The van der Waals surface area contributed by atoms with E-state index in [1.165, 1.54) is 5.57 Å². The first-order valence-electron chi connectivity index (χ1n) is 5.55. The number of halogens is 1. The molecule has 0 aliphatic carbocycles. The van der Waals surface area contributed by atoms with Crippen LogP contribution in [0.5, 0.6) is 0 Å². The lowest BCUT2D eigenvalue weighted by Gasteiger charge is -2.21. The molecule has 1 aliphatic heterocycles. The van der Waals surface area contributed by atoms with E-state index < -0.39 is 0 Å². The highest BCUT2D eigenvalue weighted by atomic mass is 79.9. The number of nitrogens with one attached hydrogen (secondary N) is 2. The van der Waals surface area contributed by atoms with Gasteiger partial charge < -0.3 is 10.6 Å². The van der Waals surface area contributed by atoms with Gasteiger partial charge in [-0.1, -0.05) is 22.0 Å². The Bertz CT molecular complexity index is 488. The third-order valence-corrected chi connectivity index (χ3v) is 3.92. The second-order valence-corrected chi connectivity index (χ2v) is 5.05. The minimum absolute atomic E-state index is 0.0114. The zero-order valence-electron chi connectivity index (χ0n) is 9.93. The van der Waals surface area contributed by atoms with E-state index in [1.807, 2.05) is 32.0 Å². The van der Waals surface area contributed by atoms with Gasteiger partial charge in [-0.2, -0.15) is 0 Å². The minimum Gasteiger partial charge on any atom is -0.322 e. The molecule has 0 bridgehead atoms. The molecule has 2 rings (SSSR count). The smallest absolute Gasteiger partial charge is 0.251 e. The van der Waals surface area contributed by atoms with Crippen LogP contribution in [0.15, 0.2) is 33.8 Å². The Kier molecular flexibility index (Phi) is 3.64. The zero-order valence-corrected chi connectivity index (χ0v) is 11.5. The standard InChI is InChI=1S/C13H15BrN2O/c1-8(10-6-15-7-10)13(17)16-12-5-3-4-11(14)9(12)2/h3-5,15H,6-7H2,1-2H3,(H,16,17). The van der Waals surface area contributed by atoms with Gasteiger partial charge >= 0.3 is 0 Å². The maximum atomic E-state index is 12.0. The van der Waals surface area contributed by atoms with E-state index in [-0.39, 0.29) is 5.91 Å². The molecule has 17 heavy (non-hydrogen) atoms. The molecular formula is C13H15BrN2O. The van der Waals surface area contributed by atoms with Crippen molar-refractivity contribution in [1.29, 1.82) is 0 Å². The Morgan fingerprint density at radius 1 is 1.41 bits per heavy atom. The fourth-order valence-electron chi connectivity index (χ4n) is 1.63. The zero-order chi connectivity index (χ0) is 12.4. The van der Waals surface area contributed by atoms with Gasteiger partial charge in [0.25, 0.3) is 5.91 Å². The second kappa shape index (κ2) is 5.02. The Balaban J connectivity index is 2.16. The second-order valence-electron chi connectivity index (χ2n) is 4.20. The molecular weight excluding hydrogens is 280 g/mol. The lowest BCUT2D eigenvalue weighted by molar-refractivity contribution is -0.112. The van der Waals surface area contributed by atoms with Crippen molar-refractivity contribution in [2.45, 2.75) is 13.8 Å². The predicted molar refractivity (Wildman–Crippen MR) is 73.1 cm³/mol. The molecule has 1 aromatic rings. The minimum atomic E-state index is -0.0114. The molecule has 1 fully saturated rings. The van der Waals surface area contributed by atoms with Crippen LogP contribution in [0.3, 0.4) is 0 Å². The van der Waals surface area contributed by atoms with E-state index in [4.69, 9.17) is 0 Å². The van der Waals surface area contributed by atoms with Gasteiger partial charge in [-0.25, -0.2) is 0 Å². The van der Waals surface area contributed by atoms with Crippen LogP contribution < -0.4 is 10.6 Å². The van der Waals surface area contributed by atoms with Crippen LogP contribution in [-0.4, -0.2) is 19.0 Å². The summed E-state index contributed by atoms with van der Waals surface area (Å²) in [5.41, 5.74) is 3.92. The quantitative estimate of drug-likeness (QED) is 0.824. The largest absolute Gasteiger partial charge is 0.322 e. The third-order valence-electron chi connectivity index (χ3n) is 3.06. The van der Waals surface area contributed by atoms with Crippen LogP contribution in [0.25, 0.3) is 0 Å². The molecule has 0 spiro atoms. The molecule has 1 aliphatic rings. The van der Waals surface area contributed by atoms with Crippen molar-refractivity contribution in [3.05, 3.63) is 39.4 Å². The van der Waals surface area contributed by atoms with Crippen molar-refractivity contribution in [3.8, 4) is 0 Å². The summed E-state index contributed by atoms with van der Waals surface area (Å²) in [5.74, 6) is -0.0114. The highest BCUT2D eigenvalue weighted by Gasteiger charge is 2.16. The lowest BCUT2D eigenvalue weighted by Crippen LogP contribution is -2.36. The van der Waals surface area contributed by atoms with E-state index >= 15 is 0 Å². The number of anilines is 1. The van der Waals surface area contributed by atoms with Crippen molar-refractivity contribution in [2.75, 3.05) is 18.4 Å². The molecule has 0 aromatic heterocycles. The van der Waals surface area contributed by atoms with Crippen molar-refractivity contribution in [3.63, 3.8) is 0 Å². The molecule has 1 aromatic carbocycles. The highest BCUT2D eigenvalue weighted by Crippen LogP contribution is 2.24. The Morgan fingerprint density at radius 3 is 2.71 bits per heavy atom. The highest BCUT2D eigenvalue weighted by molar-refractivity contribution is 9.10. The van der Waals surface area contributed by atoms with Crippen LogP contribution in [0.1, 0.15) is 12.5 Å². The summed E-state index contributed by atoms with van der Waals surface area (Å²) in [4.78, 5) is 12.0. The summed E-state index contributed by atoms with van der Waals surface area (Å²) >= 11 is 3.45. The number of benzene rings is 1. The molecule has 1 heterocycles. The molecule has 1 saturated heterocycles. The third kappa shape index (κ3) is 2.58. The van der Waals surface area contributed by atoms with Crippen LogP contribution in [0.4, 0.5) is 5.69 Å². The number of carbonyl (C=O) groups excluding carboxylic acids is 1. The van der Waals surface area contributed by atoms with Crippen molar-refractivity contribution in [1.82, 2.24) is 5.32 Å². The number of rotatable bonds is 2. The fourth-order valence-corrected chi connectivity index (χ4v) is 2.00. The van der Waals surface area contributed by atoms with Gasteiger partial charge in [0.2, 0.25) is 0 Å². The van der Waals surface area contributed by atoms with E-state index in [0.29, 0.717) is 0 Å². The van der Waals surface area contributed by atoms with Gasteiger partial charge in [0.15, 0.2) is 0 Å². The average Bonchev–Trinajstić information content (AvgIpc) is 2.22. The Labute approximate surface area is 109 Å². The number of carbonyl (C=O) groups is 1. The maximum absolute atomic E-state index is 12.0. The molecule has 0 radical (unpaired) electrons. The summed E-state index contributed by atoms with van der Waals surface area (Å²) < 4.78 is 1.01. The summed E-state index contributed by atoms with van der Waals surface area (Å²) in [6.45, 7) is 5.51. The van der Waals surface area contributed by atoms with Gasteiger partial charge in [-0.3, -0.25) is 4.79 Å². The fraction of sp³-hybridized carbons (Fsp3) is 0.308. The van der Waals surface area contributed by atoms with E-state index in [0.717, 1.165) is 34.4 Å². The summed E-state index contributed by atoms with van der Waals surface area (Å²) in [6, 6.07) is 5.79. The van der Waals surface area contributed by atoms with Crippen molar-refractivity contribution in [2.24, 2.45) is 0 Å². The molecule has 1 amide bonds. The topological polar surface area (TPSA) is 41.1 Å². The predicted octanol–water partition coefficient (Wildman–Crippen LogP) is 2.62. The first-order chi connectivity index (χ1) is 8.09. The lowest BCUT2D eigenvalue weighted by atomic mass is 10.0. The molecule has 2 N–H and O–H groups in total. The molecule has 0 unspecified atom stereocenters. The average molecular weight is 295 g/mol. The first-order valence-corrected chi connectivity index (χ1v) is 6.34. The van der Waals surface area contributed by atoms with Crippen molar-refractivity contribution < 1.29 is 4.79 Å². The maximum Gasteiger partial charge on any atom is 0.251 e. The number of hydrogen-bond donors (Lipinski definition) is 2. The van der Waals surface area contributed by atoms with Crippen LogP contribution in [0.2, 0.25) is 0 Å². The van der Waals surface area contributed by atoms with E-state index in [1.54, 1.807) is 0 Å². The van der Waals surface area contributed by atoms with Gasteiger partial charge in [-0.15, -0.1) is 0 Å². The number of amides is 1. The van der Waals surface area contributed by atoms with Crippen molar-refractivity contribution >= 4 is 27.5 Å².